The molecular weight excluding hydrogens is 480 g/mol. The average Bonchev–Trinajstić information content (AvgIpc) is 2.80. The Bertz CT molecular complexity index is 1490. The van der Waals surface area contributed by atoms with E-state index in [4.69, 9.17) is 16.3 Å². The highest BCUT2D eigenvalue weighted by Gasteiger charge is 2.26. The second-order valence-electron chi connectivity index (χ2n) is 6.49. The summed E-state index contributed by atoms with van der Waals surface area (Å²) >= 11 is 5.84. The molecule has 0 amide bonds. The largest absolute Gasteiger partial charge is 0.480 e. The van der Waals surface area contributed by atoms with Crippen molar-refractivity contribution in [3.05, 3.63) is 53.6 Å². The number of ether oxygens (including phenoxy) is 1. The molecule has 0 unspecified atom stereocenters. The highest BCUT2D eigenvalue weighted by molar-refractivity contribution is 7.92. The predicted molar refractivity (Wildman–Crippen MR) is 117 cm³/mol. The second-order valence-corrected chi connectivity index (χ2v) is 8.58. The normalized spacial score (nSPS) is 11.4. The first-order valence-corrected chi connectivity index (χ1v) is 11.0. The van der Waals surface area contributed by atoms with E-state index in [1.165, 1.54) is 31.8 Å². The smallest absolute Gasteiger partial charge is 0.268 e. The molecule has 0 aliphatic heterocycles. The summed E-state index contributed by atoms with van der Waals surface area (Å²) in [7, 11) is -1.60. The molecule has 0 saturated carbocycles. The van der Waals surface area contributed by atoms with Gasteiger partial charge in [0.15, 0.2) is 28.0 Å². The molecular formula is C19H14ClF2N7O3S. The van der Waals surface area contributed by atoms with Crippen LogP contribution >= 0.6 is 11.6 Å². The van der Waals surface area contributed by atoms with Crippen LogP contribution in [0.2, 0.25) is 5.02 Å². The Morgan fingerprint density at radius 2 is 1.82 bits per heavy atom. The first-order valence-electron chi connectivity index (χ1n) is 9.10. The van der Waals surface area contributed by atoms with Gasteiger partial charge in [0.2, 0.25) is 11.8 Å². The summed E-state index contributed by atoms with van der Waals surface area (Å²) in [5.41, 5.74) is -0.205. The zero-order valence-corrected chi connectivity index (χ0v) is 18.5. The van der Waals surface area contributed by atoms with E-state index in [9.17, 15) is 12.8 Å². The highest BCUT2D eigenvalue weighted by Crippen LogP contribution is 2.32. The minimum absolute atomic E-state index is 0.00953. The molecule has 0 saturated heterocycles. The van der Waals surface area contributed by atoms with E-state index < -0.39 is 37.9 Å². The Morgan fingerprint density at radius 1 is 1.03 bits per heavy atom. The third kappa shape index (κ3) is 4.32. The van der Waals surface area contributed by atoms with Gasteiger partial charge in [-0.2, -0.15) is 4.98 Å². The van der Waals surface area contributed by atoms with Gasteiger partial charge >= 0.3 is 0 Å². The van der Waals surface area contributed by atoms with Gasteiger partial charge in [-0.05, 0) is 12.1 Å². The number of anilines is 2. The van der Waals surface area contributed by atoms with Gasteiger partial charge < -0.3 is 10.1 Å². The first kappa shape index (κ1) is 22.5. The Morgan fingerprint density at radius 3 is 2.55 bits per heavy atom. The van der Waals surface area contributed by atoms with Crippen LogP contribution in [0.1, 0.15) is 0 Å². The number of nitrogens with one attached hydrogen (secondary N) is 2. The molecule has 4 rings (SSSR count). The van der Waals surface area contributed by atoms with Crippen LogP contribution in [0.4, 0.5) is 20.5 Å². The predicted octanol–water partition coefficient (Wildman–Crippen LogP) is 3.26. The van der Waals surface area contributed by atoms with Crippen LogP contribution in [0.25, 0.3) is 22.2 Å². The maximum absolute atomic E-state index is 15.3. The van der Waals surface area contributed by atoms with E-state index in [0.29, 0.717) is 23.2 Å². The molecule has 4 aromatic heterocycles. The minimum Gasteiger partial charge on any atom is -0.480 e. The quantitative estimate of drug-likeness (QED) is 0.415. The highest BCUT2D eigenvalue weighted by atomic mass is 35.5. The molecule has 4 heterocycles. The van der Waals surface area contributed by atoms with Crippen molar-refractivity contribution in [1.82, 2.24) is 24.9 Å². The molecule has 0 bridgehead atoms. The van der Waals surface area contributed by atoms with Crippen LogP contribution in [-0.2, 0) is 10.0 Å². The lowest BCUT2D eigenvalue weighted by molar-refractivity contribution is 0.385. The minimum atomic E-state index is -4.44. The van der Waals surface area contributed by atoms with Crippen LogP contribution in [0.3, 0.4) is 0 Å². The first-order chi connectivity index (χ1) is 15.7. The number of nitrogens with zero attached hydrogens (tertiary/aromatic N) is 5. The van der Waals surface area contributed by atoms with Gasteiger partial charge in [-0.1, -0.05) is 11.6 Å². The van der Waals surface area contributed by atoms with Crippen molar-refractivity contribution < 1.29 is 21.9 Å². The van der Waals surface area contributed by atoms with Crippen LogP contribution in [0.5, 0.6) is 5.88 Å². The Hall–Kier alpha value is -3.71. The lowest BCUT2D eigenvalue weighted by Gasteiger charge is -2.13. The molecule has 170 valence electrons. The van der Waals surface area contributed by atoms with E-state index >= 15 is 4.39 Å². The number of methoxy groups -OCH3 is 1. The molecule has 14 heteroatoms. The number of sulfonamides is 1. The van der Waals surface area contributed by atoms with Crippen molar-refractivity contribution in [3.63, 3.8) is 0 Å². The zero-order chi connectivity index (χ0) is 23.8. The molecule has 0 atom stereocenters. The number of pyridine rings is 3. The average molecular weight is 494 g/mol. The Kier molecular flexibility index (Phi) is 5.91. The molecule has 0 aromatic carbocycles. The van der Waals surface area contributed by atoms with Crippen molar-refractivity contribution in [2.75, 3.05) is 24.2 Å². The topological polar surface area (TPSA) is 132 Å². The summed E-state index contributed by atoms with van der Waals surface area (Å²) in [5.74, 6) is -2.95. The molecule has 0 fully saturated rings. The molecule has 0 radical (unpaired) electrons. The standard InChI is InChI=1S/C19H14ClF2N7O3S/c1-23-19-27-6-10-3-9(5-24-16(10)28-19)14-12(21)8-25-17(15(14)22)29-33(30,31)13-4-11(20)7-26-18(13)32-2/h3-8H,1-2H3,(H,25,29)(H,23,24,27,28). The molecule has 4 aromatic rings. The van der Waals surface area contributed by atoms with Crippen molar-refractivity contribution in [2.24, 2.45) is 0 Å². The third-order valence-corrected chi connectivity index (χ3v) is 5.96. The lowest BCUT2D eigenvalue weighted by Crippen LogP contribution is -2.17. The van der Waals surface area contributed by atoms with Crippen molar-refractivity contribution in [3.8, 4) is 17.0 Å². The van der Waals surface area contributed by atoms with Gasteiger partial charge in [-0.25, -0.2) is 37.1 Å². The van der Waals surface area contributed by atoms with Crippen molar-refractivity contribution >= 4 is 44.4 Å². The molecule has 10 nitrogen and oxygen atoms in total. The van der Waals surface area contributed by atoms with E-state index in [1.807, 2.05) is 4.72 Å². The summed E-state index contributed by atoms with van der Waals surface area (Å²) < 4.78 is 62.4. The van der Waals surface area contributed by atoms with Gasteiger partial charge in [-0.15, -0.1) is 0 Å². The molecule has 2 N–H and O–H groups in total. The fraction of sp³-hybridized carbons (Fsp3) is 0.105. The number of aromatic nitrogens is 5. The summed E-state index contributed by atoms with van der Waals surface area (Å²) in [4.78, 5) is 19.2. The Labute approximate surface area is 191 Å². The summed E-state index contributed by atoms with van der Waals surface area (Å²) in [6, 6.07) is 2.50. The van der Waals surface area contributed by atoms with Crippen molar-refractivity contribution in [2.45, 2.75) is 4.90 Å². The third-order valence-electron chi connectivity index (χ3n) is 4.42. The van der Waals surface area contributed by atoms with E-state index in [-0.39, 0.29) is 16.5 Å². The fourth-order valence-electron chi connectivity index (χ4n) is 2.92. The number of fused-ring (bicyclic) bond motifs is 1. The van der Waals surface area contributed by atoms with Crippen LogP contribution < -0.4 is 14.8 Å². The van der Waals surface area contributed by atoms with E-state index in [2.05, 4.69) is 30.2 Å². The van der Waals surface area contributed by atoms with Gasteiger partial charge in [0.05, 0.1) is 23.9 Å². The summed E-state index contributed by atoms with van der Waals surface area (Å²) in [6.45, 7) is 0. The molecule has 33 heavy (non-hydrogen) atoms. The van der Waals surface area contributed by atoms with Gasteiger partial charge in [0, 0.05) is 36.6 Å². The molecule has 0 spiro atoms. The molecule has 0 aliphatic rings. The van der Waals surface area contributed by atoms with Crippen molar-refractivity contribution in [1.29, 1.82) is 0 Å². The molecule has 0 aliphatic carbocycles. The number of rotatable bonds is 6. The maximum atomic E-state index is 15.3. The Balaban J connectivity index is 1.78. The lowest BCUT2D eigenvalue weighted by atomic mass is 10.1. The van der Waals surface area contributed by atoms with Gasteiger partial charge in [0.25, 0.3) is 10.0 Å². The summed E-state index contributed by atoms with van der Waals surface area (Å²) in [5, 5.41) is 3.19. The van der Waals surface area contributed by atoms with E-state index in [0.717, 1.165) is 6.07 Å². The SMILES string of the molecule is CNc1ncc2cc(-c3c(F)cnc(NS(=O)(=O)c4cc(Cl)cnc4OC)c3F)cnc2n1. The number of hydrogen-bond acceptors (Lipinski definition) is 9. The van der Waals surface area contributed by atoms with E-state index in [1.54, 1.807) is 7.05 Å². The van der Waals surface area contributed by atoms with Crippen LogP contribution in [-0.4, -0.2) is 47.5 Å². The van der Waals surface area contributed by atoms with Crippen LogP contribution in [0, 0.1) is 11.6 Å². The number of hydrogen-bond donors (Lipinski definition) is 2. The second kappa shape index (κ2) is 8.67. The van der Waals surface area contributed by atoms with Crippen LogP contribution in [0.15, 0.2) is 41.8 Å². The fourth-order valence-corrected chi connectivity index (χ4v) is 4.30. The summed E-state index contributed by atoms with van der Waals surface area (Å²) in [6.07, 6.45) is 4.51. The zero-order valence-electron chi connectivity index (χ0n) is 17.0. The van der Waals surface area contributed by atoms with Gasteiger partial charge in [0.1, 0.15) is 0 Å². The van der Waals surface area contributed by atoms with Gasteiger partial charge in [-0.3, -0.25) is 4.72 Å². The monoisotopic (exact) mass is 493 g/mol. The maximum Gasteiger partial charge on any atom is 0.268 e. The number of halogens is 3.